The van der Waals surface area contributed by atoms with Crippen LogP contribution in [0.4, 0.5) is 0 Å². The van der Waals surface area contributed by atoms with Crippen LogP contribution in [0.3, 0.4) is 0 Å². The summed E-state index contributed by atoms with van der Waals surface area (Å²) >= 11 is 0. The van der Waals surface area contributed by atoms with Crippen molar-refractivity contribution in [2.75, 3.05) is 13.1 Å². The molecule has 0 radical (unpaired) electrons. The number of hydrogen-bond donors (Lipinski definition) is 1. The lowest BCUT2D eigenvalue weighted by Crippen LogP contribution is -2.51. The van der Waals surface area contributed by atoms with E-state index in [2.05, 4.69) is 32.6 Å². The van der Waals surface area contributed by atoms with Crippen LogP contribution in [-0.4, -0.2) is 42.3 Å². The van der Waals surface area contributed by atoms with Gasteiger partial charge in [0.2, 0.25) is 0 Å². The van der Waals surface area contributed by atoms with Crippen LogP contribution in [0.2, 0.25) is 0 Å². The number of ether oxygens (including phenoxy) is 1. The average molecular weight is 228 g/mol. The summed E-state index contributed by atoms with van der Waals surface area (Å²) in [5, 5.41) is 0. The molecule has 1 heterocycles. The number of rotatable bonds is 6. The first-order chi connectivity index (χ1) is 7.63. The third kappa shape index (κ3) is 3.19. The molecule has 1 rings (SSSR count). The van der Waals surface area contributed by atoms with E-state index in [1.807, 2.05) is 0 Å². The van der Waals surface area contributed by atoms with Crippen molar-refractivity contribution >= 4 is 0 Å². The van der Waals surface area contributed by atoms with E-state index in [-0.39, 0.29) is 0 Å². The van der Waals surface area contributed by atoms with Crippen molar-refractivity contribution in [3.63, 3.8) is 0 Å². The molecular weight excluding hydrogens is 200 g/mol. The second-order valence-corrected chi connectivity index (χ2v) is 4.95. The van der Waals surface area contributed by atoms with Crippen molar-refractivity contribution in [2.24, 2.45) is 5.73 Å². The van der Waals surface area contributed by atoms with E-state index in [9.17, 15) is 0 Å². The number of nitrogens with two attached hydrogens (primary N) is 1. The molecule has 0 saturated carbocycles. The zero-order chi connectivity index (χ0) is 12.1. The van der Waals surface area contributed by atoms with Gasteiger partial charge in [0.25, 0.3) is 0 Å². The maximum atomic E-state index is 5.97. The molecule has 1 aliphatic heterocycles. The Morgan fingerprint density at radius 2 is 2.06 bits per heavy atom. The Morgan fingerprint density at radius 1 is 1.38 bits per heavy atom. The molecule has 1 fully saturated rings. The van der Waals surface area contributed by atoms with Crippen LogP contribution in [0.1, 0.15) is 47.0 Å². The zero-order valence-electron chi connectivity index (χ0n) is 11.3. The van der Waals surface area contributed by atoms with Gasteiger partial charge in [-0.3, -0.25) is 4.90 Å². The van der Waals surface area contributed by atoms with E-state index < -0.39 is 0 Å². The summed E-state index contributed by atoms with van der Waals surface area (Å²) in [5.41, 5.74) is 5.95. The maximum Gasteiger partial charge on any atom is 0.0747 e. The van der Waals surface area contributed by atoms with Crippen LogP contribution in [-0.2, 0) is 4.74 Å². The molecule has 1 saturated heterocycles. The van der Waals surface area contributed by atoms with Crippen LogP contribution in [0, 0.1) is 0 Å². The van der Waals surface area contributed by atoms with Gasteiger partial charge in [-0.2, -0.15) is 0 Å². The summed E-state index contributed by atoms with van der Waals surface area (Å²) in [6.45, 7) is 10.7. The molecule has 4 unspecified atom stereocenters. The third-order valence-corrected chi connectivity index (χ3v) is 3.88. The highest BCUT2D eigenvalue weighted by atomic mass is 16.5. The highest BCUT2D eigenvalue weighted by Crippen LogP contribution is 2.25. The Labute approximate surface area is 100 Å². The molecule has 0 aromatic rings. The van der Waals surface area contributed by atoms with Gasteiger partial charge < -0.3 is 10.5 Å². The highest BCUT2D eigenvalue weighted by molar-refractivity contribution is 4.87. The molecule has 0 aliphatic carbocycles. The SMILES string of the molecule is CCC(C)N(CC)C(CN)C1CCC(C)O1. The minimum atomic E-state index is 0.342. The van der Waals surface area contributed by atoms with Crippen molar-refractivity contribution in [3.05, 3.63) is 0 Å². The Balaban J connectivity index is 2.63. The molecular formula is C13H28N2O. The summed E-state index contributed by atoms with van der Waals surface area (Å²) in [7, 11) is 0. The van der Waals surface area contributed by atoms with Gasteiger partial charge in [-0.15, -0.1) is 0 Å². The lowest BCUT2D eigenvalue weighted by atomic mass is 10.0. The fourth-order valence-electron chi connectivity index (χ4n) is 2.72. The first-order valence-electron chi connectivity index (χ1n) is 6.75. The van der Waals surface area contributed by atoms with E-state index >= 15 is 0 Å². The Morgan fingerprint density at radius 3 is 2.44 bits per heavy atom. The standard InChI is InChI=1S/C13H28N2O/c1-5-10(3)15(6-2)12(9-14)13-8-7-11(4)16-13/h10-13H,5-9,14H2,1-4H3. The molecule has 4 atom stereocenters. The Bertz CT molecular complexity index is 198. The van der Waals surface area contributed by atoms with Crippen molar-refractivity contribution in [1.29, 1.82) is 0 Å². The van der Waals surface area contributed by atoms with Gasteiger partial charge in [0, 0.05) is 18.6 Å². The quantitative estimate of drug-likeness (QED) is 0.755. The second kappa shape index (κ2) is 6.58. The zero-order valence-corrected chi connectivity index (χ0v) is 11.3. The van der Waals surface area contributed by atoms with Gasteiger partial charge in [0.1, 0.15) is 0 Å². The van der Waals surface area contributed by atoms with E-state index in [0.29, 0.717) is 30.8 Å². The molecule has 0 aromatic carbocycles. The Hall–Kier alpha value is -0.120. The molecule has 3 nitrogen and oxygen atoms in total. The molecule has 0 spiro atoms. The van der Waals surface area contributed by atoms with Crippen molar-refractivity contribution in [2.45, 2.75) is 71.2 Å². The molecule has 96 valence electrons. The summed E-state index contributed by atoms with van der Waals surface area (Å²) in [5.74, 6) is 0. The fraction of sp³-hybridized carbons (Fsp3) is 1.00. The van der Waals surface area contributed by atoms with Gasteiger partial charge in [0.05, 0.1) is 12.2 Å². The van der Waals surface area contributed by atoms with Gasteiger partial charge in [-0.1, -0.05) is 13.8 Å². The summed E-state index contributed by atoms with van der Waals surface area (Å²) in [4.78, 5) is 2.50. The van der Waals surface area contributed by atoms with Crippen LogP contribution in [0.15, 0.2) is 0 Å². The molecule has 1 aliphatic rings. The van der Waals surface area contributed by atoms with E-state index in [1.54, 1.807) is 0 Å². The van der Waals surface area contributed by atoms with E-state index in [0.717, 1.165) is 13.0 Å². The second-order valence-electron chi connectivity index (χ2n) is 4.95. The molecule has 3 heteroatoms. The van der Waals surface area contributed by atoms with E-state index in [1.165, 1.54) is 12.8 Å². The van der Waals surface area contributed by atoms with Gasteiger partial charge in [0.15, 0.2) is 0 Å². The number of likely N-dealkylation sites (N-methyl/N-ethyl adjacent to an activating group) is 1. The van der Waals surface area contributed by atoms with Gasteiger partial charge in [-0.25, -0.2) is 0 Å². The summed E-state index contributed by atoms with van der Waals surface area (Å²) in [6, 6.07) is 0.989. The number of hydrogen-bond acceptors (Lipinski definition) is 3. The van der Waals surface area contributed by atoms with Crippen LogP contribution in [0.25, 0.3) is 0 Å². The van der Waals surface area contributed by atoms with Crippen LogP contribution in [0.5, 0.6) is 0 Å². The van der Waals surface area contributed by atoms with E-state index in [4.69, 9.17) is 10.5 Å². The first kappa shape index (κ1) is 13.9. The van der Waals surface area contributed by atoms with Crippen LogP contribution < -0.4 is 5.73 Å². The summed E-state index contributed by atoms with van der Waals surface area (Å²) in [6.07, 6.45) is 4.27. The molecule has 2 N–H and O–H groups in total. The van der Waals surface area contributed by atoms with Crippen molar-refractivity contribution in [3.8, 4) is 0 Å². The minimum absolute atomic E-state index is 0.342. The minimum Gasteiger partial charge on any atom is -0.374 e. The molecule has 0 bridgehead atoms. The topological polar surface area (TPSA) is 38.5 Å². The smallest absolute Gasteiger partial charge is 0.0747 e. The first-order valence-corrected chi connectivity index (χ1v) is 6.75. The lowest BCUT2D eigenvalue weighted by Gasteiger charge is -2.37. The normalized spacial score (nSPS) is 29.6. The van der Waals surface area contributed by atoms with Gasteiger partial charge in [-0.05, 0) is 39.7 Å². The van der Waals surface area contributed by atoms with Crippen LogP contribution >= 0.6 is 0 Å². The predicted molar refractivity (Wildman–Crippen MR) is 68.5 cm³/mol. The predicted octanol–water partition coefficient (Wildman–Crippen LogP) is 2.00. The fourth-order valence-corrected chi connectivity index (χ4v) is 2.72. The monoisotopic (exact) mass is 228 g/mol. The summed E-state index contributed by atoms with van der Waals surface area (Å²) < 4.78 is 5.97. The average Bonchev–Trinajstić information content (AvgIpc) is 2.71. The number of nitrogens with zero attached hydrogens (tertiary/aromatic N) is 1. The maximum absolute atomic E-state index is 5.97. The van der Waals surface area contributed by atoms with Crippen molar-refractivity contribution < 1.29 is 4.74 Å². The molecule has 0 aromatic heterocycles. The Kier molecular flexibility index (Phi) is 5.73. The lowest BCUT2D eigenvalue weighted by molar-refractivity contribution is -0.0143. The largest absolute Gasteiger partial charge is 0.374 e. The van der Waals surface area contributed by atoms with Gasteiger partial charge >= 0.3 is 0 Å². The highest BCUT2D eigenvalue weighted by Gasteiger charge is 2.33. The molecule has 0 amide bonds. The third-order valence-electron chi connectivity index (χ3n) is 3.88. The molecule has 16 heavy (non-hydrogen) atoms. The van der Waals surface area contributed by atoms with Crippen molar-refractivity contribution in [1.82, 2.24) is 4.90 Å².